The maximum absolute atomic E-state index is 5.32. The molecule has 0 bridgehead atoms. The average molecular weight is 524 g/mol. The van der Waals surface area contributed by atoms with Crippen molar-refractivity contribution in [2.75, 3.05) is 0 Å². The van der Waals surface area contributed by atoms with Crippen LogP contribution in [-0.2, 0) is 0 Å². The van der Waals surface area contributed by atoms with Crippen molar-refractivity contribution in [2.24, 2.45) is 0 Å². The van der Waals surface area contributed by atoms with E-state index in [1.54, 1.807) is 6.20 Å². The lowest BCUT2D eigenvalue weighted by molar-refractivity contribution is 1.23. The maximum Gasteiger partial charge on any atom is 0.137 e. The molecule has 0 amide bonds. The second-order valence-corrected chi connectivity index (χ2v) is 10.3. The fraction of sp³-hybridized carbons (Fsp3) is 0. The molecule has 0 spiro atoms. The summed E-state index contributed by atoms with van der Waals surface area (Å²) in [5.41, 5.74) is 8.19. The minimum absolute atomic E-state index is 0.771. The first kappa shape index (κ1) is 22.2. The summed E-state index contributed by atoms with van der Waals surface area (Å²) < 4.78 is 2.19. The van der Waals surface area contributed by atoms with Crippen LogP contribution in [0.3, 0.4) is 0 Å². The van der Waals surface area contributed by atoms with Crippen LogP contribution in [0.1, 0.15) is 0 Å². The Morgan fingerprint density at radius 2 is 1.34 bits per heavy atom. The third-order valence-corrected chi connectivity index (χ3v) is 8.02. The van der Waals surface area contributed by atoms with E-state index in [4.69, 9.17) is 15.0 Å². The Morgan fingerprint density at radius 1 is 0.512 bits per heavy atom. The number of hydrogen-bond acceptors (Lipinski definition) is 4. The summed E-state index contributed by atoms with van der Waals surface area (Å²) in [5.74, 6) is 0. The Labute approximate surface area is 234 Å². The Hall–Kier alpha value is -5.68. The minimum atomic E-state index is 0.771. The number of aromatic nitrogens is 5. The predicted octanol–water partition coefficient (Wildman–Crippen LogP) is 8.62. The molecule has 0 aliphatic carbocycles. The van der Waals surface area contributed by atoms with Crippen LogP contribution in [0.25, 0.3) is 82.7 Å². The van der Waals surface area contributed by atoms with Gasteiger partial charge >= 0.3 is 0 Å². The molecule has 0 unspecified atom stereocenters. The molecule has 9 aromatic rings. The van der Waals surface area contributed by atoms with Gasteiger partial charge in [0.15, 0.2) is 0 Å². The summed E-state index contributed by atoms with van der Waals surface area (Å²) in [6, 6.07) is 39.7. The number of rotatable bonds is 2. The van der Waals surface area contributed by atoms with Gasteiger partial charge in [-0.1, -0.05) is 78.9 Å². The van der Waals surface area contributed by atoms with Crippen LogP contribution < -0.4 is 0 Å². The molecule has 0 radical (unpaired) electrons. The van der Waals surface area contributed by atoms with Crippen molar-refractivity contribution < 1.29 is 0 Å². The molecule has 41 heavy (non-hydrogen) atoms. The van der Waals surface area contributed by atoms with Gasteiger partial charge in [-0.15, -0.1) is 0 Å². The van der Waals surface area contributed by atoms with Gasteiger partial charge in [-0.05, 0) is 52.6 Å². The smallest absolute Gasteiger partial charge is 0.137 e. The highest BCUT2D eigenvalue weighted by Crippen LogP contribution is 2.39. The number of pyridine rings is 2. The molecule has 0 saturated carbocycles. The van der Waals surface area contributed by atoms with Gasteiger partial charge in [-0.25, -0.2) is 15.0 Å². The third kappa shape index (κ3) is 3.23. The van der Waals surface area contributed by atoms with Crippen LogP contribution in [0.4, 0.5) is 0 Å². The van der Waals surface area contributed by atoms with Crippen molar-refractivity contribution >= 4 is 60.0 Å². The minimum Gasteiger partial charge on any atom is -0.299 e. The molecular weight excluding hydrogens is 502 g/mol. The fourth-order valence-corrected chi connectivity index (χ4v) is 6.16. The lowest BCUT2D eigenvalue weighted by Crippen LogP contribution is -1.97. The maximum atomic E-state index is 5.32. The van der Waals surface area contributed by atoms with Gasteiger partial charge in [-0.3, -0.25) is 9.38 Å². The molecule has 4 heterocycles. The number of hydrogen-bond donors (Lipinski definition) is 0. The number of benzene rings is 5. The molecule has 0 aliphatic rings. The molecule has 190 valence electrons. The van der Waals surface area contributed by atoms with E-state index in [-0.39, 0.29) is 0 Å². The van der Waals surface area contributed by atoms with Crippen LogP contribution in [0, 0.1) is 0 Å². The Bertz CT molecular complexity index is 2480. The average Bonchev–Trinajstić information content (AvgIpc) is 3.44. The Balaban J connectivity index is 1.41. The Morgan fingerprint density at radius 3 is 2.24 bits per heavy atom. The lowest BCUT2D eigenvalue weighted by atomic mass is 9.96. The van der Waals surface area contributed by atoms with Gasteiger partial charge in [0.1, 0.15) is 11.3 Å². The van der Waals surface area contributed by atoms with Crippen LogP contribution in [-0.4, -0.2) is 24.3 Å². The van der Waals surface area contributed by atoms with Crippen molar-refractivity contribution in [3.63, 3.8) is 0 Å². The van der Waals surface area contributed by atoms with Crippen molar-refractivity contribution in [1.29, 1.82) is 0 Å². The van der Waals surface area contributed by atoms with E-state index in [0.717, 1.165) is 77.3 Å². The first-order valence-corrected chi connectivity index (χ1v) is 13.7. The van der Waals surface area contributed by atoms with Crippen molar-refractivity contribution in [2.45, 2.75) is 0 Å². The number of imidazole rings is 1. The zero-order valence-corrected chi connectivity index (χ0v) is 21.9. The lowest BCUT2D eigenvalue weighted by Gasteiger charge is -2.13. The van der Waals surface area contributed by atoms with Crippen LogP contribution >= 0.6 is 0 Å². The van der Waals surface area contributed by atoms with Gasteiger partial charge in [0.05, 0.1) is 33.5 Å². The van der Waals surface area contributed by atoms with Crippen molar-refractivity contribution in [3.05, 3.63) is 128 Å². The highest BCUT2D eigenvalue weighted by molar-refractivity contribution is 6.24. The van der Waals surface area contributed by atoms with E-state index in [1.165, 1.54) is 5.39 Å². The molecule has 0 atom stereocenters. The predicted molar refractivity (Wildman–Crippen MR) is 167 cm³/mol. The van der Waals surface area contributed by atoms with E-state index < -0.39 is 0 Å². The number of fused-ring (bicyclic) bond motifs is 11. The van der Waals surface area contributed by atoms with E-state index in [2.05, 4.69) is 107 Å². The molecule has 5 nitrogen and oxygen atoms in total. The molecule has 0 fully saturated rings. The second kappa shape index (κ2) is 8.41. The van der Waals surface area contributed by atoms with Crippen molar-refractivity contribution in [1.82, 2.24) is 24.3 Å². The molecule has 0 N–H and O–H groups in total. The molecule has 5 heteroatoms. The van der Waals surface area contributed by atoms with Gasteiger partial charge in [0.25, 0.3) is 0 Å². The summed E-state index contributed by atoms with van der Waals surface area (Å²) >= 11 is 0. The first-order valence-electron chi connectivity index (χ1n) is 13.7. The molecule has 9 rings (SSSR count). The van der Waals surface area contributed by atoms with Crippen LogP contribution in [0.5, 0.6) is 0 Å². The SMILES string of the molecule is c1ccc(-c2nc3ccc4ccccc4c3nc2-c2ccc3c(c2)c2ccccc2c2nc4ccccn4c32)nc1. The summed E-state index contributed by atoms with van der Waals surface area (Å²) in [5, 5.41) is 6.84. The third-order valence-electron chi connectivity index (χ3n) is 8.02. The molecule has 4 aromatic heterocycles. The summed E-state index contributed by atoms with van der Waals surface area (Å²) in [6.45, 7) is 0. The van der Waals surface area contributed by atoms with Gasteiger partial charge < -0.3 is 0 Å². The molecule has 0 aliphatic heterocycles. The monoisotopic (exact) mass is 523 g/mol. The largest absolute Gasteiger partial charge is 0.299 e. The number of nitrogens with zero attached hydrogens (tertiary/aromatic N) is 5. The zero-order chi connectivity index (χ0) is 26.9. The topological polar surface area (TPSA) is 56.0 Å². The van der Waals surface area contributed by atoms with Gasteiger partial charge in [0.2, 0.25) is 0 Å². The quantitative estimate of drug-likeness (QED) is 0.213. The van der Waals surface area contributed by atoms with Crippen LogP contribution in [0.2, 0.25) is 0 Å². The second-order valence-electron chi connectivity index (χ2n) is 10.3. The molecular formula is C36H21N5. The molecule has 0 saturated heterocycles. The summed E-state index contributed by atoms with van der Waals surface area (Å²) in [7, 11) is 0. The van der Waals surface area contributed by atoms with Crippen LogP contribution in [0.15, 0.2) is 128 Å². The van der Waals surface area contributed by atoms with Gasteiger partial charge in [0, 0.05) is 34.1 Å². The molecule has 5 aromatic carbocycles. The van der Waals surface area contributed by atoms with Crippen molar-refractivity contribution in [3.8, 4) is 22.6 Å². The zero-order valence-electron chi connectivity index (χ0n) is 21.9. The van der Waals surface area contributed by atoms with E-state index in [0.29, 0.717) is 0 Å². The summed E-state index contributed by atoms with van der Waals surface area (Å²) in [4.78, 5) is 20.2. The van der Waals surface area contributed by atoms with E-state index in [9.17, 15) is 0 Å². The summed E-state index contributed by atoms with van der Waals surface area (Å²) in [6.07, 6.45) is 3.90. The fourth-order valence-electron chi connectivity index (χ4n) is 6.16. The highest BCUT2D eigenvalue weighted by Gasteiger charge is 2.19. The Kier molecular flexibility index (Phi) is 4.55. The first-order chi connectivity index (χ1) is 20.3. The van der Waals surface area contributed by atoms with E-state index >= 15 is 0 Å². The normalized spacial score (nSPS) is 11.9. The van der Waals surface area contributed by atoms with E-state index in [1.807, 2.05) is 24.3 Å². The van der Waals surface area contributed by atoms with Gasteiger partial charge in [-0.2, -0.15) is 0 Å². The highest BCUT2D eigenvalue weighted by atomic mass is 15.0. The standard InChI is InChI=1S/C36H21N5/c1-2-10-24-22(9-1)16-18-30-33(24)40-32(35(38-30)29-13-5-7-19-37-29)23-15-17-27-28(21-23)25-11-3-4-12-26(25)34-36(27)41-20-8-6-14-31(41)39-34/h1-21H.